The van der Waals surface area contributed by atoms with Crippen molar-refractivity contribution in [1.82, 2.24) is 10.2 Å². The van der Waals surface area contributed by atoms with Crippen LogP contribution >= 0.6 is 0 Å². The van der Waals surface area contributed by atoms with Gasteiger partial charge >= 0.3 is 12.1 Å². The molecule has 1 aromatic rings. The lowest BCUT2D eigenvalue weighted by atomic mass is 9.81. The maximum absolute atomic E-state index is 12.4. The van der Waals surface area contributed by atoms with Crippen LogP contribution in [-0.2, 0) is 11.0 Å². The van der Waals surface area contributed by atoms with Crippen molar-refractivity contribution in [1.29, 1.82) is 0 Å². The van der Waals surface area contributed by atoms with Crippen LogP contribution in [0.4, 0.5) is 19.0 Å². The van der Waals surface area contributed by atoms with Gasteiger partial charge in [-0.25, -0.2) is 4.79 Å². The molecule has 110 valence electrons. The molecule has 1 fully saturated rings. The van der Waals surface area contributed by atoms with E-state index < -0.39 is 23.4 Å². The Morgan fingerprint density at radius 3 is 2.30 bits per heavy atom. The quantitative estimate of drug-likeness (QED) is 0.894. The molecule has 1 aliphatic rings. The van der Waals surface area contributed by atoms with Gasteiger partial charge in [0.15, 0.2) is 5.69 Å². The maximum Gasteiger partial charge on any atom is 0.435 e. The van der Waals surface area contributed by atoms with Crippen LogP contribution in [0.15, 0.2) is 12.1 Å². The minimum absolute atomic E-state index is 0.0438. The number of carbonyl (C=O) groups is 1. The lowest BCUT2D eigenvalue weighted by Gasteiger charge is -2.34. The van der Waals surface area contributed by atoms with Gasteiger partial charge in [-0.15, -0.1) is 10.2 Å². The fraction of sp³-hybridized carbons (Fsp3) is 0.583. The van der Waals surface area contributed by atoms with Gasteiger partial charge in [0.2, 0.25) is 0 Å². The summed E-state index contributed by atoms with van der Waals surface area (Å²) < 4.78 is 37.1. The molecule has 2 rings (SSSR count). The number of aliphatic carboxylic acids is 1. The summed E-state index contributed by atoms with van der Waals surface area (Å²) in [5.41, 5.74) is -2.26. The second kappa shape index (κ2) is 5.26. The van der Waals surface area contributed by atoms with Gasteiger partial charge < -0.3 is 10.4 Å². The van der Waals surface area contributed by atoms with Crippen molar-refractivity contribution in [3.63, 3.8) is 0 Å². The first-order valence-electron chi connectivity index (χ1n) is 6.26. The standard InChI is InChI=1S/C12H14F3N3O2/c13-12(14,15)8-4-5-9(18-17-8)16-11(10(19)20)6-2-1-3-7-11/h4-5H,1-3,6-7H2,(H,16,18)(H,19,20). The molecule has 0 bridgehead atoms. The predicted octanol–water partition coefficient (Wildman–Crippen LogP) is 2.69. The van der Waals surface area contributed by atoms with Crippen molar-refractivity contribution in [2.75, 3.05) is 5.32 Å². The van der Waals surface area contributed by atoms with Crippen LogP contribution in [0.25, 0.3) is 0 Å². The minimum atomic E-state index is -4.55. The largest absolute Gasteiger partial charge is 0.480 e. The van der Waals surface area contributed by atoms with Gasteiger partial charge in [-0.3, -0.25) is 0 Å². The van der Waals surface area contributed by atoms with Crippen molar-refractivity contribution in [2.24, 2.45) is 0 Å². The maximum atomic E-state index is 12.4. The van der Waals surface area contributed by atoms with Crippen LogP contribution in [0.1, 0.15) is 37.8 Å². The molecule has 20 heavy (non-hydrogen) atoms. The van der Waals surface area contributed by atoms with Crippen LogP contribution in [-0.4, -0.2) is 26.8 Å². The van der Waals surface area contributed by atoms with E-state index in [1.165, 1.54) is 0 Å². The Kier molecular flexibility index (Phi) is 3.82. The molecule has 5 nitrogen and oxygen atoms in total. The molecular weight excluding hydrogens is 275 g/mol. The lowest BCUT2D eigenvalue weighted by molar-refractivity contribution is -0.144. The van der Waals surface area contributed by atoms with E-state index in [1.54, 1.807) is 0 Å². The summed E-state index contributed by atoms with van der Waals surface area (Å²) in [6.45, 7) is 0. The zero-order valence-electron chi connectivity index (χ0n) is 10.6. The molecule has 0 atom stereocenters. The van der Waals surface area contributed by atoms with Crippen molar-refractivity contribution in [3.05, 3.63) is 17.8 Å². The number of hydrogen-bond acceptors (Lipinski definition) is 4. The predicted molar refractivity (Wildman–Crippen MR) is 64.1 cm³/mol. The molecule has 0 unspecified atom stereocenters. The van der Waals surface area contributed by atoms with E-state index in [-0.39, 0.29) is 5.82 Å². The normalized spacial score (nSPS) is 18.6. The van der Waals surface area contributed by atoms with Gasteiger partial charge in [-0.1, -0.05) is 19.3 Å². The van der Waals surface area contributed by atoms with E-state index >= 15 is 0 Å². The highest BCUT2D eigenvalue weighted by Crippen LogP contribution is 2.32. The average molecular weight is 289 g/mol. The molecule has 2 N–H and O–H groups in total. The molecule has 1 saturated carbocycles. The molecule has 0 saturated heterocycles. The van der Waals surface area contributed by atoms with E-state index in [2.05, 4.69) is 15.5 Å². The average Bonchev–Trinajstić information content (AvgIpc) is 2.39. The van der Waals surface area contributed by atoms with Crippen molar-refractivity contribution >= 4 is 11.8 Å². The molecule has 1 heterocycles. The number of nitrogens with zero attached hydrogens (tertiary/aromatic N) is 2. The number of alkyl halides is 3. The van der Waals surface area contributed by atoms with Crippen LogP contribution in [0, 0.1) is 0 Å². The Balaban J connectivity index is 2.17. The molecule has 0 aliphatic heterocycles. The SMILES string of the molecule is O=C(O)C1(Nc2ccc(C(F)(F)F)nn2)CCCCC1. The second-order valence-corrected chi connectivity index (χ2v) is 4.87. The Hall–Kier alpha value is -1.86. The summed E-state index contributed by atoms with van der Waals surface area (Å²) in [5.74, 6) is -0.971. The smallest absolute Gasteiger partial charge is 0.435 e. The fourth-order valence-corrected chi connectivity index (χ4v) is 2.34. The third-order valence-electron chi connectivity index (χ3n) is 3.44. The Morgan fingerprint density at radius 1 is 1.20 bits per heavy atom. The van der Waals surface area contributed by atoms with Crippen molar-refractivity contribution in [3.8, 4) is 0 Å². The zero-order chi connectivity index (χ0) is 14.8. The third-order valence-corrected chi connectivity index (χ3v) is 3.44. The van der Waals surface area contributed by atoms with Crippen LogP contribution < -0.4 is 5.32 Å². The summed E-state index contributed by atoms with van der Waals surface area (Å²) >= 11 is 0. The summed E-state index contributed by atoms with van der Waals surface area (Å²) in [5, 5.41) is 18.6. The highest BCUT2D eigenvalue weighted by Gasteiger charge is 2.40. The van der Waals surface area contributed by atoms with E-state index in [4.69, 9.17) is 0 Å². The molecule has 0 amide bonds. The number of rotatable bonds is 3. The topological polar surface area (TPSA) is 75.1 Å². The minimum Gasteiger partial charge on any atom is -0.480 e. The number of carboxylic acid groups (broad SMARTS) is 1. The third kappa shape index (κ3) is 3.00. The lowest BCUT2D eigenvalue weighted by Crippen LogP contribution is -2.48. The first-order chi connectivity index (χ1) is 9.33. The van der Waals surface area contributed by atoms with E-state index in [9.17, 15) is 23.1 Å². The fourth-order valence-electron chi connectivity index (χ4n) is 2.34. The van der Waals surface area contributed by atoms with Gasteiger partial charge in [0.1, 0.15) is 11.4 Å². The molecule has 0 spiro atoms. The van der Waals surface area contributed by atoms with Crippen molar-refractivity contribution in [2.45, 2.75) is 43.8 Å². The monoisotopic (exact) mass is 289 g/mol. The van der Waals surface area contributed by atoms with Crippen LogP contribution in [0.3, 0.4) is 0 Å². The van der Waals surface area contributed by atoms with Crippen molar-refractivity contribution < 1.29 is 23.1 Å². The van der Waals surface area contributed by atoms with Gasteiger partial charge in [0.05, 0.1) is 0 Å². The Labute approximate surface area is 113 Å². The summed E-state index contributed by atoms with van der Waals surface area (Å²) in [6.07, 6.45) is -1.24. The first-order valence-corrected chi connectivity index (χ1v) is 6.26. The molecule has 1 aliphatic carbocycles. The number of carboxylic acids is 1. The molecule has 0 aromatic carbocycles. The molecule has 0 radical (unpaired) electrons. The van der Waals surface area contributed by atoms with Gasteiger partial charge in [0.25, 0.3) is 0 Å². The van der Waals surface area contributed by atoms with E-state index in [1.807, 2.05) is 0 Å². The van der Waals surface area contributed by atoms with Gasteiger partial charge in [0, 0.05) is 0 Å². The molecule has 1 aromatic heterocycles. The summed E-state index contributed by atoms with van der Waals surface area (Å²) in [4.78, 5) is 11.4. The zero-order valence-corrected chi connectivity index (χ0v) is 10.6. The van der Waals surface area contributed by atoms with E-state index in [0.717, 1.165) is 31.4 Å². The van der Waals surface area contributed by atoms with Crippen LogP contribution in [0.2, 0.25) is 0 Å². The number of nitrogens with one attached hydrogen (secondary N) is 1. The Bertz CT molecular complexity index is 482. The van der Waals surface area contributed by atoms with Gasteiger partial charge in [-0.2, -0.15) is 13.2 Å². The van der Waals surface area contributed by atoms with Crippen LogP contribution in [0.5, 0.6) is 0 Å². The number of anilines is 1. The second-order valence-electron chi connectivity index (χ2n) is 4.87. The number of hydrogen-bond donors (Lipinski definition) is 2. The summed E-state index contributed by atoms with van der Waals surface area (Å²) in [7, 11) is 0. The highest BCUT2D eigenvalue weighted by molar-refractivity contribution is 5.82. The summed E-state index contributed by atoms with van der Waals surface area (Å²) in [6, 6.07) is 1.89. The highest BCUT2D eigenvalue weighted by atomic mass is 19.4. The van der Waals surface area contributed by atoms with Gasteiger partial charge in [-0.05, 0) is 25.0 Å². The number of aromatic nitrogens is 2. The number of halogens is 3. The van der Waals surface area contributed by atoms with E-state index in [0.29, 0.717) is 12.8 Å². The molecular formula is C12H14F3N3O2. The Morgan fingerprint density at radius 2 is 1.85 bits per heavy atom. The molecule has 8 heteroatoms. The first kappa shape index (κ1) is 14.5.